The first-order valence-electron chi connectivity index (χ1n) is 5.73. The van der Waals surface area contributed by atoms with Crippen molar-refractivity contribution in [3.8, 4) is 0 Å². The molecule has 6 nitrogen and oxygen atoms in total. The number of anilines is 1. The Morgan fingerprint density at radius 1 is 1.48 bits per heavy atom. The summed E-state index contributed by atoms with van der Waals surface area (Å²) in [4.78, 5) is 4.71. The lowest BCUT2D eigenvalue weighted by molar-refractivity contribution is 0.568. The molecule has 114 valence electrons. The van der Waals surface area contributed by atoms with Crippen LogP contribution in [0.1, 0.15) is 17.8 Å². The van der Waals surface area contributed by atoms with Gasteiger partial charge in [-0.1, -0.05) is 11.6 Å². The summed E-state index contributed by atoms with van der Waals surface area (Å²) in [6.45, 7) is 1.74. The zero-order chi connectivity index (χ0) is 15.6. The molecular formula is C11H12BrClN4O2S2. The maximum Gasteiger partial charge on any atom is 0.244 e. The lowest BCUT2D eigenvalue weighted by Gasteiger charge is -2.14. The summed E-state index contributed by atoms with van der Waals surface area (Å²) in [7, 11) is -3.79. The Bertz CT molecular complexity index is 750. The molecule has 0 aromatic carbocycles. The van der Waals surface area contributed by atoms with Crippen LogP contribution in [0.2, 0.25) is 4.34 Å². The number of nitrogen functional groups attached to an aromatic ring is 1. The second-order valence-electron chi connectivity index (χ2n) is 4.13. The van der Waals surface area contributed by atoms with Crippen LogP contribution < -0.4 is 16.0 Å². The van der Waals surface area contributed by atoms with Crippen molar-refractivity contribution in [3.05, 3.63) is 38.1 Å². The molecule has 2 aromatic heterocycles. The average molecular weight is 412 g/mol. The van der Waals surface area contributed by atoms with Gasteiger partial charge in [0.1, 0.15) is 4.90 Å². The van der Waals surface area contributed by atoms with E-state index in [4.69, 9.17) is 17.4 Å². The Hall–Kier alpha value is -0.710. The minimum atomic E-state index is -3.79. The summed E-state index contributed by atoms with van der Waals surface area (Å²) in [5.74, 6) is 5.38. The van der Waals surface area contributed by atoms with E-state index in [1.807, 2.05) is 0 Å². The molecule has 2 aromatic rings. The number of hydrogen-bond acceptors (Lipinski definition) is 6. The Labute approximate surface area is 139 Å². The molecule has 2 heterocycles. The number of nitrogens with one attached hydrogen (secondary N) is 2. The normalized spacial score (nSPS) is 13.1. The van der Waals surface area contributed by atoms with E-state index in [1.165, 1.54) is 23.6 Å². The smallest absolute Gasteiger partial charge is 0.244 e. The minimum absolute atomic E-state index is 0.0334. The quantitative estimate of drug-likeness (QED) is 0.519. The molecule has 0 amide bonds. The summed E-state index contributed by atoms with van der Waals surface area (Å²) >= 11 is 10.4. The lowest BCUT2D eigenvalue weighted by atomic mass is 10.3. The third-order valence-electron chi connectivity index (χ3n) is 2.60. The Balaban J connectivity index is 2.32. The first kappa shape index (κ1) is 16.7. The van der Waals surface area contributed by atoms with Gasteiger partial charge in [0.2, 0.25) is 10.0 Å². The predicted octanol–water partition coefficient (Wildman–Crippen LogP) is 2.88. The number of sulfonamides is 1. The van der Waals surface area contributed by atoms with Crippen LogP contribution in [-0.2, 0) is 10.0 Å². The van der Waals surface area contributed by atoms with Crippen LogP contribution in [0.25, 0.3) is 0 Å². The maximum atomic E-state index is 12.5. The van der Waals surface area contributed by atoms with E-state index in [2.05, 4.69) is 31.1 Å². The van der Waals surface area contributed by atoms with Gasteiger partial charge in [0.15, 0.2) is 5.82 Å². The van der Waals surface area contributed by atoms with E-state index in [9.17, 15) is 8.42 Å². The molecule has 21 heavy (non-hydrogen) atoms. The van der Waals surface area contributed by atoms with Crippen LogP contribution in [0.3, 0.4) is 0 Å². The number of hydrazine groups is 1. The SMILES string of the molecule is CC(NS(=O)(=O)c1cc(Br)cnc1NN)c1ccc(Cl)s1. The molecule has 0 fully saturated rings. The summed E-state index contributed by atoms with van der Waals surface area (Å²) in [5.41, 5.74) is 2.28. The van der Waals surface area contributed by atoms with Crippen molar-refractivity contribution in [2.75, 3.05) is 5.43 Å². The van der Waals surface area contributed by atoms with E-state index in [0.29, 0.717) is 8.81 Å². The summed E-state index contributed by atoms with van der Waals surface area (Å²) in [5, 5.41) is 0. The largest absolute Gasteiger partial charge is 0.307 e. The van der Waals surface area contributed by atoms with Gasteiger partial charge in [-0.15, -0.1) is 11.3 Å². The van der Waals surface area contributed by atoms with Gasteiger partial charge in [-0.2, -0.15) is 0 Å². The van der Waals surface area contributed by atoms with Crippen molar-refractivity contribution >= 4 is 54.7 Å². The molecule has 10 heteroatoms. The number of nitrogens with two attached hydrogens (primary N) is 1. The third-order valence-corrected chi connectivity index (χ3v) is 6.00. The van der Waals surface area contributed by atoms with Gasteiger partial charge in [0.05, 0.1) is 10.4 Å². The van der Waals surface area contributed by atoms with E-state index in [1.54, 1.807) is 19.1 Å². The maximum absolute atomic E-state index is 12.5. The second-order valence-corrected chi connectivity index (χ2v) is 8.47. The molecule has 0 radical (unpaired) electrons. The first-order chi connectivity index (χ1) is 9.83. The van der Waals surface area contributed by atoms with Crippen molar-refractivity contribution in [2.24, 2.45) is 5.84 Å². The van der Waals surface area contributed by atoms with E-state index < -0.39 is 16.1 Å². The Morgan fingerprint density at radius 2 is 2.19 bits per heavy atom. The monoisotopic (exact) mass is 410 g/mol. The van der Waals surface area contributed by atoms with Crippen LogP contribution in [0, 0.1) is 0 Å². The number of nitrogens with zero attached hydrogens (tertiary/aromatic N) is 1. The van der Waals surface area contributed by atoms with E-state index in [-0.39, 0.29) is 10.7 Å². The minimum Gasteiger partial charge on any atom is -0.307 e. The first-order valence-corrected chi connectivity index (χ1v) is 9.20. The summed E-state index contributed by atoms with van der Waals surface area (Å²) in [6, 6.07) is 4.51. The fourth-order valence-corrected chi connectivity index (χ4v) is 4.64. The molecule has 1 atom stereocenters. The molecular weight excluding hydrogens is 400 g/mol. The molecule has 4 N–H and O–H groups in total. The topological polar surface area (TPSA) is 97.1 Å². The van der Waals surface area contributed by atoms with Crippen molar-refractivity contribution in [1.29, 1.82) is 0 Å². The van der Waals surface area contributed by atoms with Crippen LogP contribution in [0.15, 0.2) is 33.8 Å². The molecule has 0 saturated carbocycles. The highest BCUT2D eigenvalue weighted by Gasteiger charge is 2.23. The third kappa shape index (κ3) is 3.93. The highest BCUT2D eigenvalue weighted by atomic mass is 79.9. The van der Waals surface area contributed by atoms with Gasteiger partial charge in [0.25, 0.3) is 0 Å². The summed E-state index contributed by atoms with van der Waals surface area (Å²) in [6.07, 6.45) is 1.46. The molecule has 0 aliphatic rings. The molecule has 0 bridgehead atoms. The van der Waals surface area contributed by atoms with Crippen LogP contribution >= 0.6 is 38.9 Å². The average Bonchev–Trinajstić information content (AvgIpc) is 2.85. The van der Waals surface area contributed by atoms with Gasteiger partial charge in [0, 0.05) is 15.5 Å². The van der Waals surface area contributed by atoms with Gasteiger partial charge in [-0.25, -0.2) is 24.0 Å². The fraction of sp³-hybridized carbons (Fsp3) is 0.182. The zero-order valence-electron chi connectivity index (χ0n) is 10.8. The number of halogens is 2. The number of rotatable bonds is 5. The molecule has 0 aliphatic carbocycles. The number of hydrogen-bond donors (Lipinski definition) is 3. The van der Waals surface area contributed by atoms with E-state index in [0.717, 1.165) is 4.88 Å². The standard InChI is InChI=1S/C11H12BrClN4O2S2/c1-6(8-2-3-10(13)20-8)17-21(18,19)9-4-7(12)5-15-11(9)16-14/h2-6,17H,14H2,1H3,(H,15,16). The van der Waals surface area contributed by atoms with Gasteiger partial charge in [-0.05, 0) is 41.1 Å². The van der Waals surface area contributed by atoms with Crippen LogP contribution in [0.4, 0.5) is 5.82 Å². The fourth-order valence-electron chi connectivity index (χ4n) is 1.65. The number of aromatic nitrogens is 1. The van der Waals surface area contributed by atoms with Crippen molar-refractivity contribution < 1.29 is 8.42 Å². The van der Waals surface area contributed by atoms with Gasteiger partial charge in [-0.3, -0.25) is 0 Å². The highest BCUT2D eigenvalue weighted by molar-refractivity contribution is 9.10. The Kier molecular flexibility index (Phi) is 5.23. The van der Waals surface area contributed by atoms with Crippen molar-refractivity contribution in [2.45, 2.75) is 17.9 Å². The highest BCUT2D eigenvalue weighted by Crippen LogP contribution is 2.29. The summed E-state index contributed by atoms with van der Waals surface area (Å²) < 4.78 is 28.6. The van der Waals surface area contributed by atoms with Crippen molar-refractivity contribution in [1.82, 2.24) is 9.71 Å². The van der Waals surface area contributed by atoms with Crippen LogP contribution in [0.5, 0.6) is 0 Å². The molecule has 0 aliphatic heterocycles. The van der Waals surface area contributed by atoms with Gasteiger partial charge < -0.3 is 5.43 Å². The number of thiophene rings is 1. The second kappa shape index (κ2) is 6.59. The lowest BCUT2D eigenvalue weighted by Crippen LogP contribution is -2.28. The zero-order valence-corrected chi connectivity index (χ0v) is 14.8. The molecule has 0 saturated heterocycles. The molecule has 2 rings (SSSR count). The molecule has 0 spiro atoms. The van der Waals surface area contributed by atoms with Crippen LogP contribution in [-0.4, -0.2) is 13.4 Å². The van der Waals surface area contributed by atoms with Gasteiger partial charge >= 0.3 is 0 Å². The predicted molar refractivity (Wildman–Crippen MR) is 87.8 cm³/mol. The Morgan fingerprint density at radius 3 is 2.76 bits per heavy atom. The number of pyridine rings is 1. The van der Waals surface area contributed by atoms with Crippen molar-refractivity contribution in [3.63, 3.8) is 0 Å². The molecule has 1 unspecified atom stereocenters. The van der Waals surface area contributed by atoms with E-state index >= 15 is 0 Å².